The summed E-state index contributed by atoms with van der Waals surface area (Å²) in [6, 6.07) is 6.96. The van der Waals surface area contributed by atoms with E-state index in [0.717, 1.165) is 18.6 Å². The molecular formula is C19H30N2. The first-order chi connectivity index (χ1) is 10.0. The van der Waals surface area contributed by atoms with Gasteiger partial charge in [-0.25, -0.2) is 0 Å². The summed E-state index contributed by atoms with van der Waals surface area (Å²) in [5, 5.41) is 3.86. The standard InChI is InChI=1S/C19H30N2/c1-13-8-14(2)19(15(3)9-13)12-20-16-10-17-6-5-7-18(11-16)21(17)4/h8-9,16-18,20H,5-7,10-12H2,1-4H3. The van der Waals surface area contributed by atoms with Crippen LogP contribution in [0.4, 0.5) is 0 Å². The molecule has 2 atom stereocenters. The number of piperidine rings is 2. The Kier molecular flexibility index (Phi) is 4.37. The van der Waals surface area contributed by atoms with E-state index in [0.29, 0.717) is 6.04 Å². The van der Waals surface area contributed by atoms with Gasteiger partial charge in [-0.1, -0.05) is 24.1 Å². The van der Waals surface area contributed by atoms with Crippen molar-refractivity contribution in [2.45, 2.75) is 77.5 Å². The van der Waals surface area contributed by atoms with Crippen LogP contribution in [0.25, 0.3) is 0 Å². The lowest BCUT2D eigenvalue weighted by atomic mass is 9.82. The summed E-state index contributed by atoms with van der Waals surface area (Å²) < 4.78 is 0. The minimum Gasteiger partial charge on any atom is -0.310 e. The van der Waals surface area contributed by atoms with Crippen molar-refractivity contribution >= 4 is 0 Å². The van der Waals surface area contributed by atoms with Crippen LogP contribution in [0.3, 0.4) is 0 Å². The van der Waals surface area contributed by atoms with Gasteiger partial charge in [0.05, 0.1) is 0 Å². The fourth-order valence-corrected chi connectivity index (χ4v) is 4.52. The van der Waals surface area contributed by atoms with Crippen LogP contribution in [-0.4, -0.2) is 30.1 Å². The highest BCUT2D eigenvalue weighted by Crippen LogP contribution is 2.32. The van der Waals surface area contributed by atoms with E-state index in [4.69, 9.17) is 0 Å². The van der Waals surface area contributed by atoms with E-state index >= 15 is 0 Å². The van der Waals surface area contributed by atoms with Gasteiger partial charge in [0, 0.05) is 24.7 Å². The summed E-state index contributed by atoms with van der Waals surface area (Å²) in [6.07, 6.45) is 6.89. The number of aryl methyl sites for hydroxylation is 3. The Balaban J connectivity index is 1.64. The second-order valence-corrected chi connectivity index (χ2v) is 7.33. The van der Waals surface area contributed by atoms with E-state index in [1.54, 1.807) is 0 Å². The van der Waals surface area contributed by atoms with Crippen molar-refractivity contribution in [1.82, 2.24) is 10.2 Å². The van der Waals surface area contributed by atoms with Crippen LogP contribution in [0, 0.1) is 20.8 Å². The van der Waals surface area contributed by atoms with Crippen LogP contribution in [0.2, 0.25) is 0 Å². The minimum absolute atomic E-state index is 0.705. The van der Waals surface area contributed by atoms with E-state index in [1.807, 2.05) is 0 Å². The molecule has 21 heavy (non-hydrogen) atoms. The molecule has 0 aliphatic carbocycles. The molecule has 2 aliphatic heterocycles. The molecule has 116 valence electrons. The van der Waals surface area contributed by atoms with Crippen molar-refractivity contribution in [2.24, 2.45) is 0 Å². The Bertz CT molecular complexity index is 471. The molecule has 2 fully saturated rings. The molecule has 0 radical (unpaired) electrons. The van der Waals surface area contributed by atoms with Gasteiger partial charge < -0.3 is 10.2 Å². The van der Waals surface area contributed by atoms with Crippen LogP contribution >= 0.6 is 0 Å². The minimum atomic E-state index is 0.705. The third-order valence-electron chi connectivity index (χ3n) is 5.75. The lowest BCUT2D eigenvalue weighted by Crippen LogP contribution is -2.54. The molecule has 1 N–H and O–H groups in total. The smallest absolute Gasteiger partial charge is 0.0213 e. The first-order valence-corrected chi connectivity index (χ1v) is 8.56. The van der Waals surface area contributed by atoms with E-state index in [2.05, 4.69) is 50.2 Å². The maximum absolute atomic E-state index is 3.86. The lowest BCUT2D eigenvalue weighted by molar-refractivity contribution is 0.0482. The van der Waals surface area contributed by atoms with Crippen LogP contribution in [0.1, 0.15) is 54.4 Å². The quantitative estimate of drug-likeness (QED) is 0.911. The highest BCUT2D eigenvalue weighted by atomic mass is 15.2. The Morgan fingerprint density at radius 3 is 2.19 bits per heavy atom. The predicted molar refractivity (Wildman–Crippen MR) is 89.7 cm³/mol. The Labute approximate surface area is 129 Å². The summed E-state index contributed by atoms with van der Waals surface area (Å²) in [7, 11) is 2.33. The van der Waals surface area contributed by atoms with Crippen LogP contribution < -0.4 is 5.32 Å². The van der Waals surface area contributed by atoms with Gasteiger partial charge in [-0.2, -0.15) is 0 Å². The number of nitrogens with zero attached hydrogens (tertiary/aromatic N) is 1. The van der Waals surface area contributed by atoms with Crippen molar-refractivity contribution in [1.29, 1.82) is 0 Å². The van der Waals surface area contributed by atoms with Gasteiger partial charge in [-0.15, -0.1) is 0 Å². The van der Waals surface area contributed by atoms with E-state index < -0.39 is 0 Å². The number of rotatable bonds is 3. The first kappa shape index (κ1) is 15.1. The summed E-state index contributed by atoms with van der Waals surface area (Å²) in [5.74, 6) is 0. The molecule has 0 saturated carbocycles. The zero-order chi connectivity index (χ0) is 15.0. The molecule has 2 bridgehead atoms. The molecule has 2 aliphatic rings. The Morgan fingerprint density at radius 2 is 1.62 bits per heavy atom. The molecule has 2 nitrogen and oxygen atoms in total. The number of hydrogen-bond acceptors (Lipinski definition) is 2. The van der Waals surface area contributed by atoms with Crippen LogP contribution in [0.15, 0.2) is 12.1 Å². The highest BCUT2D eigenvalue weighted by molar-refractivity contribution is 5.37. The van der Waals surface area contributed by atoms with Crippen LogP contribution in [-0.2, 0) is 6.54 Å². The molecule has 1 aromatic carbocycles. The predicted octanol–water partition coefficient (Wildman–Crippen LogP) is 3.72. The van der Waals surface area contributed by atoms with E-state index in [9.17, 15) is 0 Å². The molecule has 0 amide bonds. The number of nitrogens with one attached hydrogen (secondary N) is 1. The van der Waals surface area contributed by atoms with Crippen molar-refractivity contribution in [3.05, 3.63) is 34.4 Å². The van der Waals surface area contributed by atoms with Crippen molar-refractivity contribution in [3.63, 3.8) is 0 Å². The van der Waals surface area contributed by atoms with Crippen molar-refractivity contribution in [3.8, 4) is 0 Å². The molecule has 2 saturated heterocycles. The topological polar surface area (TPSA) is 15.3 Å². The van der Waals surface area contributed by atoms with Gasteiger partial charge in [0.25, 0.3) is 0 Å². The number of hydrogen-bond donors (Lipinski definition) is 1. The Hall–Kier alpha value is -0.860. The number of benzene rings is 1. The highest BCUT2D eigenvalue weighted by Gasteiger charge is 2.35. The molecule has 2 heterocycles. The second-order valence-electron chi connectivity index (χ2n) is 7.33. The third-order valence-corrected chi connectivity index (χ3v) is 5.75. The monoisotopic (exact) mass is 286 g/mol. The average Bonchev–Trinajstić information content (AvgIpc) is 2.38. The molecule has 1 aromatic rings. The maximum Gasteiger partial charge on any atom is 0.0213 e. The molecule has 0 aromatic heterocycles. The molecule has 0 spiro atoms. The fourth-order valence-electron chi connectivity index (χ4n) is 4.52. The van der Waals surface area contributed by atoms with Gasteiger partial charge in [0.1, 0.15) is 0 Å². The second kappa shape index (κ2) is 6.10. The summed E-state index contributed by atoms with van der Waals surface area (Å²) in [5.41, 5.74) is 5.76. The zero-order valence-electron chi connectivity index (χ0n) is 14.1. The van der Waals surface area contributed by atoms with E-state index in [-0.39, 0.29) is 0 Å². The maximum atomic E-state index is 3.86. The van der Waals surface area contributed by atoms with Crippen molar-refractivity contribution in [2.75, 3.05) is 7.05 Å². The molecular weight excluding hydrogens is 256 g/mol. The molecule has 2 unspecified atom stereocenters. The molecule has 3 rings (SSSR count). The summed E-state index contributed by atoms with van der Waals surface area (Å²) in [6.45, 7) is 7.72. The molecule has 2 heteroatoms. The third kappa shape index (κ3) is 3.17. The SMILES string of the molecule is Cc1cc(C)c(CNC2CC3CCCC(C2)N3C)c(C)c1. The largest absolute Gasteiger partial charge is 0.310 e. The van der Waals surface area contributed by atoms with Crippen LogP contribution in [0.5, 0.6) is 0 Å². The summed E-state index contributed by atoms with van der Waals surface area (Å²) >= 11 is 0. The normalized spacial score (nSPS) is 29.6. The van der Waals surface area contributed by atoms with Gasteiger partial charge in [-0.05, 0) is 70.2 Å². The Morgan fingerprint density at radius 1 is 1.05 bits per heavy atom. The van der Waals surface area contributed by atoms with Crippen molar-refractivity contribution < 1.29 is 0 Å². The van der Waals surface area contributed by atoms with Gasteiger partial charge >= 0.3 is 0 Å². The average molecular weight is 286 g/mol. The van der Waals surface area contributed by atoms with Gasteiger partial charge in [0.15, 0.2) is 0 Å². The van der Waals surface area contributed by atoms with Gasteiger partial charge in [-0.3, -0.25) is 0 Å². The van der Waals surface area contributed by atoms with E-state index in [1.165, 1.54) is 54.4 Å². The zero-order valence-corrected chi connectivity index (χ0v) is 14.1. The first-order valence-electron chi connectivity index (χ1n) is 8.56. The fraction of sp³-hybridized carbons (Fsp3) is 0.684. The lowest BCUT2D eigenvalue weighted by Gasteiger charge is -2.47. The van der Waals surface area contributed by atoms with Gasteiger partial charge in [0.2, 0.25) is 0 Å². The number of fused-ring (bicyclic) bond motifs is 2. The summed E-state index contributed by atoms with van der Waals surface area (Å²) in [4.78, 5) is 2.64.